The molecule has 0 aliphatic heterocycles. The van der Waals surface area contributed by atoms with E-state index in [4.69, 9.17) is 10.5 Å². The maximum absolute atomic E-state index is 6.09. The summed E-state index contributed by atoms with van der Waals surface area (Å²) in [4.78, 5) is 8.31. The van der Waals surface area contributed by atoms with Crippen molar-refractivity contribution in [3.05, 3.63) is 90.6 Å². The van der Waals surface area contributed by atoms with Crippen molar-refractivity contribution in [1.29, 1.82) is 0 Å². The molecule has 3 aromatic carbocycles. The summed E-state index contributed by atoms with van der Waals surface area (Å²) in [5, 5.41) is 2.33. The summed E-state index contributed by atoms with van der Waals surface area (Å²) in [6.07, 6.45) is 4.96. The molecule has 0 unspecified atom stereocenters. The fourth-order valence-corrected chi connectivity index (χ4v) is 4.07. The number of aromatic nitrogens is 2. The molecule has 0 saturated carbocycles. The Balaban J connectivity index is 1.59. The zero-order valence-electron chi connectivity index (χ0n) is 17.3. The maximum Gasteiger partial charge on any atom is 0.128 e. The molecule has 5 rings (SSSR count). The minimum Gasteiger partial charge on any atom is -0.457 e. The van der Waals surface area contributed by atoms with Crippen molar-refractivity contribution >= 4 is 21.8 Å². The van der Waals surface area contributed by atoms with E-state index in [1.807, 2.05) is 60.8 Å². The van der Waals surface area contributed by atoms with Crippen molar-refractivity contribution in [1.82, 2.24) is 9.97 Å². The lowest BCUT2D eigenvalue weighted by Crippen LogP contribution is -1.99. The average molecular weight is 408 g/mol. The van der Waals surface area contributed by atoms with Gasteiger partial charge in [-0.15, -0.1) is 0 Å². The molecule has 0 saturated heterocycles. The highest BCUT2D eigenvalue weighted by atomic mass is 16.5. The van der Waals surface area contributed by atoms with Gasteiger partial charge in [-0.2, -0.15) is 0 Å². The van der Waals surface area contributed by atoms with E-state index in [-0.39, 0.29) is 0 Å². The molecule has 2 aromatic heterocycles. The van der Waals surface area contributed by atoms with Gasteiger partial charge >= 0.3 is 0 Å². The molecule has 0 radical (unpaired) electrons. The van der Waals surface area contributed by atoms with E-state index in [1.165, 1.54) is 10.9 Å². The van der Waals surface area contributed by atoms with Crippen LogP contribution in [-0.2, 0) is 6.42 Å². The van der Waals surface area contributed by atoms with Gasteiger partial charge in [0, 0.05) is 28.0 Å². The molecule has 4 heteroatoms. The first kappa shape index (κ1) is 19.3. The molecule has 0 aliphatic carbocycles. The molecule has 5 aromatic rings. The average Bonchev–Trinajstić information content (AvgIpc) is 3.17. The predicted octanol–water partition coefficient (Wildman–Crippen LogP) is 6.46. The summed E-state index contributed by atoms with van der Waals surface area (Å²) in [5.41, 5.74) is 11.4. The van der Waals surface area contributed by atoms with Gasteiger partial charge in [0.25, 0.3) is 0 Å². The van der Waals surface area contributed by atoms with Crippen LogP contribution in [0.15, 0.2) is 85.1 Å². The second-order valence-corrected chi connectivity index (χ2v) is 7.76. The molecule has 0 atom stereocenters. The number of nitrogens with two attached hydrogens (primary N) is 1. The molecule has 0 aliphatic rings. The highest BCUT2D eigenvalue weighted by Gasteiger charge is 2.15. The van der Waals surface area contributed by atoms with E-state index in [1.54, 1.807) is 0 Å². The topological polar surface area (TPSA) is 63.9 Å². The van der Waals surface area contributed by atoms with Crippen molar-refractivity contribution in [2.75, 3.05) is 6.54 Å². The van der Waals surface area contributed by atoms with Crippen LogP contribution in [0.25, 0.3) is 33.1 Å². The first-order valence-electron chi connectivity index (χ1n) is 10.7. The minimum atomic E-state index is 0.706. The van der Waals surface area contributed by atoms with Crippen molar-refractivity contribution in [2.45, 2.75) is 19.3 Å². The van der Waals surface area contributed by atoms with E-state index in [9.17, 15) is 0 Å². The van der Waals surface area contributed by atoms with Crippen LogP contribution >= 0.6 is 0 Å². The standard InChI is InChI=1S/C27H25N3O/c28-15-7-6-11-23-24-17-22(31-21-9-2-1-3-10-21)13-14-26(24)30-27(23)20-16-19-8-4-5-12-25(19)29-18-20/h1-5,8-10,12-14,16-18,30H,6-7,11,15,28H2. The number of aryl methyl sites for hydroxylation is 1. The monoisotopic (exact) mass is 407 g/mol. The highest BCUT2D eigenvalue weighted by Crippen LogP contribution is 2.35. The summed E-state index contributed by atoms with van der Waals surface area (Å²) in [5.74, 6) is 1.67. The van der Waals surface area contributed by atoms with Gasteiger partial charge in [0.05, 0.1) is 11.2 Å². The minimum absolute atomic E-state index is 0.706. The van der Waals surface area contributed by atoms with Gasteiger partial charge in [-0.25, -0.2) is 0 Å². The summed E-state index contributed by atoms with van der Waals surface area (Å²) in [7, 11) is 0. The molecule has 31 heavy (non-hydrogen) atoms. The number of aromatic amines is 1. The molecule has 0 amide bonds. The first-order chi connectivity index (χ1) is 15.3. The Morgan fingerprint density at radius 2 is 1.68 bits per heavy atom. The Kier molecular flexibility index (Phi) is 5.38. The van der Waals surface area contributed by atoms with E-state index in [0.717, 1.165) is 58.4 Å². The normalized spacial score (nSPS) is 11.3. The second-order valence-electron chi connectivity index (χ2n) is 7.76. The molecule has 0 spiro atoms. The molecule has 3 N–H and O–H groups in total. The van der Waals surface area contributed by atoms with Gasteiger partial charge in [-0.3, -0.25) is 4.98 Å². The second kappa shape index (κ2) is 8.62. The zero-order chi connectivity index (χ0) is 21.0. The van der Waals surface area contributed by atoms with E-state index in [2.05, 4.69) is 34.2 Å². The number of rotatable bonds is 7. The fraction of sp³-hybridized carbons (Fsp3) is 0.148. The van der Waals surface area contributed by atoms with Crippen molar-refractivity contribution in [3.63, 3.8) is 0 Å². The lowest BCUT2D eigenvalue weighted by Gasteiger charge is -2.08. The van der Waals surface area contributed by atoms with Crippen molar-refractivity contribution < 1.29 is 4.74 Å². The van der Waals surface area contributed by atoms with E-state index < -0.39 is 0 Å². The van der Waals surface area contributed by atoms with Crippen molar-refractivity contribution in [2.24, 2.45) is 5.73 Å². The quantitative estimate of drug-likeness (QED) is 0.304. The van der Waals surface area contributed by atoms with Gasteiger partial charge in [0.15, 0.2) is 0 Å². The van der Waals surface area contributed by atoms with Crippen molar-refractivity contribution in [3.8, 4) is 22.8 Å². The number of unbranched alkanes of at least 4 members (excludes halogenated alkanes) is 1. The highest BCUT2D eigenvalue weighted by molar-refractivity contribution is 5.93. The molecule has 2 heterocycles. The van der Waals surface area contributed by atoms with Crippen LogP contribution in [0, 0.1) is 0 Å². The number of H-pyrrole nitrogens is 1. The Morgan fingerprint density at radius 1 is 0.839 bits per heavy atom. The van der Waals surface area contributed by atoms with Gasteiger partial charge in [-0.05, 0) is 73.8 Å². The molecule has 0 bridgehead atoms. The van der Waals surface area contributed by atoms with E-state index in [0.29, 0.717) is 6.54 Å². The van der Waals surface area contributed by atoms with E-state index >= 15 is 0 Å². The number of hydrogen-bond donors (Lipinski definition) is 2. The lowest BCUT2D eigenvalue weighted by molar-refractivity contribution is 0.483. The molecule has 4 nitrogen and oxygen atoms in total. The number of hydrogen-bond acceptors (Lipinski definition) is 3. The number of ether oxygens (including phenoxy) is 1. The maximum atomic E-state index is 6.09. The van der Waals surface area contributed by atoms with Crippen LogP contribution in [0.3, 0.4) is 0 Å². The van der Waals surface area contributed by atoms with Gasteiger partial charge < -0.3 is 15.5 Å². The summed E-state index contributed by atoms with van der Waals surface area (Å²) in [6.45, 7) is 0.706. The Labute approximate surface area is 181 Å². The van der Waals surface area contributed by atoms with Crippen LogP contribution < -0.4 is 10.5 Å². The summed E-state index contributed by atoms with van der Waals surface area (Å²) >= 11 is 0. The molecule has 0 fully saturated rings. The Bertz CT molecular complexity index is 1320. The third-order valence-corrected chi connectivity index (χ3v) is 5.62. The fourth-order valence-electron chi connectivity index (χ4n) is 4.07. The zero-order valence-corrected chi connectivity index (χ0v) is 17.3. The third kappa shape index (κ3) is 4.03. The first-order valence-corrected chi connectivity index (χ1v) is 10.7. The summed E-state index contributed by atoms with van der Waals surface area (Å²) in [6, 6.07) is 26.5. The summed E-state index contributed by atoms with van der Waals surface area (Å²) < 4.78 is 6.09. The molecular formula is C27H25N3O. The number of para-hydroxylation sites is 2. The third-order valence-electron chi connectivity index (χ3n) is 5.62. The predicted molar refractivity (Wildman–Crippen MR) is 128 cm³/mol. The Hall–Kier alpha value is -3.63. The SMILES string of the molecule is NCCCCc1c(-c2cnc3ccccc3c2)[nH]c2ccc(Oc3ccccc3)cc12. The van der Waals surface area contributed by atoms with Gasteiger partial charge in [0.2, 0.25) is 0 Å². The number of benzene rings is 3. The molecular weight excluding hydrogens is 382 g/mol. The van der Waals surface area contributed by atoms with Gasteiger partial charge in [-0.1, -0.05) is 36.4 Å². The van der Waals surface area contributed by atoms with Gasteiger partial charge in [0.1, 0.15) is 11.5 Å². The largest absolute Gasteiger partial charge is 0.457 e. The number of fused-ring (bicyclic) bond motifs is 2. The van der Waals surface area contributed by atoms with Crippen LogP contribution in [0.5, 0.6) is 11.5 Å². The Morgan fingerprint density at radius 3 is 2.55 bits per heavy atom. The number of nitrogens with one attached hydrogen (secondary N) is 1. The van der Waals surface area contributed by atoms with Crippen LogP contribution in [0.4, 0.5) is 0 Å². The van der Waals surface area contributed by atoms with Crippen LogP contribution in [0.2, 0.25) is 0 Å². The van der Waals surface area contributed by atoms with Crippen LogP contribution in [0.1, 0.15) is 18.4 Å². The number of pyridine rings is 1. The smallest absolute Gasteiger partial charge is 0.128 e. The molecule has 154 valence electrons. The lowest BCUT2D eigenvalue weighted by atomic mass is 10.00. The van der Waals surface area contributed by atoms with Crippen LogP contribution in [-0.4, -0.2) is 16.5 Å². The number of nitrogens with zero attached hydrogens (tertiary/aromatic N) is 1.